The van der Waals surface area contributed by atoms with Crippen LogP contribution in [-0.4, -0.2) is 42.3 Å². The number of nitrogens with zero attached hydrogens (tertiary/aromatic N) is 2. The average Bonchev–Trinajstić information content (AvgIpc) is 2.96. The smallest absolute Gasteiger partial charge is 0.266 e. The summed E-state index contributed by atoms with van der Waals surface area (Å²) in [5, 5.41) is 0.654. The monoisotopic (exact) mass is 396 g/mol. The normalized spacial score (nSPS) is 17.1. The Kier molecular flexibility index (Phi) is 6.90. The number of hydrogen-bond donors (Lipinski definition) is 0. The first-order valence-electron chi connectivity index (χ1n) is 9.18. The fraction of sp³-hybridized carbons (Fsp3) is 0.273. The summed E-state index contributed by atoms with van der Waals surface area (Å²) in [6.07, 6.45) is 1.93. The van der Waals surface area contributed by atoms with Crippen LogP contribution in [0, 0.1) is 0 Å². The Morgan fingerprint density at radius 3 is 2.54 bits per heavy atom. The lowest BCUT2D eigenvalue weighted by Gasteiger charge is -2.14. The maximum Gasteiger partial charge on any atom is 0.266 e. The summed E-state index contributed by atoms with van der Waals surface area (Å²) in [4.78, 5) is 20.0. The Balaban J connectivity index is 1.94. The third kappa shape index (κ3) is 5.03. The molecule has 0 bridgehead atoms. The number of carbonyl (C=O) groups excluding carboxylic acids is 1. The summed E-state index contributed by atoms with van der Waals surface area (Å²) >= 11 is 1.37. The van der Waals surface area contributed by atoms with Crippen molar-refractivity contribution in [3.8, 4) is 5.75 Å². The maximum atomic E-state index is 13.0. The number of amides is 1. The second kappa shape index (κ2) is 9.57. The Hall–Kier alpha value is -2.57. The number of para-hydroxylation sites is 2. The number of amidine groups is 1. The number of aliphatic imine (C=N–C) groups is 1. The van der Waals surface area contributed by atoms with Crippen LogP contribution in [0.15, 0.2) is 64.5 Å². The van der Waals surface area contributed by atoms with Crippen LogP contribution >= 0.6 is 11.8 Å². The highest BCUT2D eigenvalue weighted by Crippen LogP contribution is 2.35. The van der Waals surface area contributed by atoms with Crippen LogP contribution in [0.4, 0.5) is 5.69 Å². The van der Waals surface area contributed by atoms with E-state index in [0.717, 1.165) is 17.0 Å². The van der Waals surface area contributed by atoms with Crippen molar-refractivity contribution in [1.29, 1.82) is 0 Å². The zero-order chi connectivity index (χ0) is 19.9. The molecule has 28 heavy (non-hydrogen) atoms. The van der Waals surface area contributed by atoms with Gasteiger partial charge in [-0.2, -0.15) is 0 Å². The summed E-state index contributed by atoms with van der Waals surface area (Å²) in [7, 11) is 1.62. The second-order valence-electron chi connectivity index (χ2n) is 6.49. The Bertz CT molecular complexity index is 878. The maximum absolute atomic E-state index is 13.0. The van der Waals surface area contributed by atoms with Crippen molar-refractivity contribution in [3.63, 3.8) is 0 Å². The van der Waals surface area contributed by atoms with E-state index in [1.54, 1.807) is 12.0 Å². The van der Waals surface area contributed by atoms with Crippen molar-refractivity contribution in [2.45, 2.75) is 20.0 Å². The molecule has 2 aromatic carbocycles. The highest BCUT2D eigenvalue weighted by atomic mass is 32.2. The number of methoxy groups -OCH3 is 1. The first-order valence-corrected chi connectivity index (χ1v) is 10.00. The van der Waals surface area contributed by atoms with Crippen LogP contribution < -0.4 is 4.74 Å². The third-order valence-corrected chi connectivity index (χ3v) is 4.96. The molecule has 1 fully saturated rings. The minimum absolute atomic E-state index is 0.0555. The first-order chi connectivity index (χ1) is 13.6. The first kappa shape index (κ1) is 20.2. The third-order valence-electron chi connectivity index (χ3n) is 3.96. The van der Waals surface area contributed by atoms with Gasteiger partial charge in [0.15, 0.2) is 5.17 Å². The van der Waals surface area contributed by atoms with Gasteiger partial charge in [-0.1, -0.05) is 36.4 Å². The number of thioether (sulfide) groups is 1. The molecule has 0 N–H and O–H groups in total. The van der Waals surface area contributed by atoms with E-state index in [9.17, 15) is 4.79 Å². The molecule has 5 nitrogen and oxygen atoms in total. The molecule has 0 aliphatic carbocycles. The largest absolute Gasteiger partial charge is 0.490 e. The molecule has 146 valence electrons. The number of carbonyl (C=O) groups is 1. The van der Waals surface area contributed by atoms with Crippen LogP contribution in [0.2, 0.25) is 0 Å². The van der Waals surface area contributed by atoms with Crippen molar-refractivity contribution >= 4 is 34.6 Å². The van der Waals surface area contributed by atoms with Gasteiger partial charge < -0.3 is 9.47 Å². The van der Waals surface area contributed by atoms with Crippen LogP contribution in [-0.2, 0) is 9.53 Å². The van der Waals surface area contributed by atoms with Gasteiger partial charge in [0.05, 0.1) is 29.8 Å². The fourth-order valence-corrected chi connectivity index (χ4v) is 3.70. The summed E-state index contributed by atoms with van der Waals surface area (Å²) in [6.45, 7) is 4.86. The van der Waals surface area contributed by atoms with Crippen molar-refractivity contribution in [2.24, 2.45) is 4.99 Å². The van der Waals surface area contributed by atoms with Gasteiger partial charge in [-0.15, -0.1) is 0 Å². The summed E-state index contributed by atoms with van der Waals surface area (Å²) in [5.41, 5.74) is 1.68. The lowest BCUT2D eigenvalue weighted by atomic mass is 10.2. The van der Waals surface area contributed by atoms with Gasteiger partial charge >= 0.3 is 0 Å². The molecule has 2 aromatic rings. The van der Waals surface area contributed by atoms with E-state index < -0.39 is 0 Å². The van der Waals surface area contributed by atoms with Crippen molar-refractivity contribution < 1.29 is 14.3 Å². The number of rotatable bonds is 7. The molecule has 1 amide bonds. The summed E-state index contributed by atoms with van der Waals surface area (Å²) in [5.74, 6) is 0.686. The van der Waals surface area contributed by atoms with Gasteiger partial charge in [0.1, 0.15) is 5.75 Å². The standard InChI is InChI=1S/C22H24N2O3S/c1-16(2)27-19-12-8-7-9-17(19)15-20-21(25)24(13-14-26-3)22(28-20)23-18-10-5-4-6-11-18/h4-12,15-16H,13-14H2,1-3H3/b20-15-,23-22?. The van der Waals surface area contributed by atoms with Gasteiger partial charge in [-0.05, 0) is 49.9 Å². The summed E-state index contributed by atoms with van der Waals surface area (Å²) < 4.78 is 11.0. The molecule has 0 aromatic heterocycles. The molecule has 1 heterocycles. The molecule has 1 aliphatic heterocycles. The minimum Gasteiger partial charge on any atom is -0.490 e. The van der Waals surface area contributed by atoms with Gasteiger partial charge in [0.2, 0.25) is 0 Å². The average molecular weight is 397 g/mol. The van der Waals surface area contributed by atoms with Crippen molar-refractivity contribution in [1.82, 2.24) is 4.90 Å². The molecule has 0 radical (unpaired) electrons. The molecule has 6 heteroatoms. The highest BCUT2D eigenvalue weighted by Gasteiger charge is 2.33. The minimum atomic E-state index is -0.0731. The predicted molar refractivity (Wildman–Crippen MR) is 115 cm³/mol. The quantitative estimate of drug-likeness (QED) is 0.635. The van der Waals surface area contributed by atoms with Gasteiger partial charge in [0, 0.05) is 12.7 Å². The van der Waals surface area contributed by atoms with Crippen LogP contribution in [0.25, 0.3) is 6.08 Å². The van der Waals surface area contributed by atoms with E-state index in [1.807, 2.05) is 74.5 Å². The van der Waals surface area contributed by atoms with Gasteiger partial charge in [0.25, 0.3) is 5.91 Å². The zero-order valence-corrected chi connectivity index (χ0v) is 17.1. The van der Waals surface area contributed by atoms with E-state index in [0.29, 0.717) is 23.2 Å². The zero-order valence-electron chi connectivity index (χ0n) is 16.3. The molecule has 0 spiro atoms. The second-order valence-corrected chi connectivity index (χ2v) is 7.50. The lowest BCUT2D eigenvalue weighted by Crippen LogP contribution is -2.32. The van der Waals surface area contributed by atoms with Crippen LogP contribution in [0.3, 0.4) is 0 Å². The molecule has 0 atom stereocenters. The van der Waals surface area contributed by atoms with E-state index in [1.165, 1.54) is 11.8 Å². The molecule has 1 aliphatic rings. The SMILES string of the molecule is COCCN1C(=O)/C(=C/c2ccccc2OC(C)C)SC1=Nc1ccccc1. The molecular formula is C22H24N2O3S. The van der Waals surface area contributed by atoms with Crippen molar-refractivity contribution in [2.75, 3.05) is 20.3 Å². The van der Waals surface area contributed by atoms with Gasteiger partial charge in [-0.3, -0.25) is 9.69 Å². The van der Waals surface area contributed by atoms with E-state index in [4.69, 9.17) is 9.47 Å². The topological polar surface area (TPSA) is 51.1 Å². The predicted octanol–water partition coefficient (Wildman–Crippen LogP) is 4.72. The Labute approximate surface area is 170 Å². The van der Waals surface area contributed by atoms with E-state index >= 15 is 0 Å². The van der Waals surface area contributed by atoms with Gasteiger partial charge in [-0.25, -0.2) is 4.99 Å². The Morgan fingerprint density at radius 1 is 1.11 bits per heavy atom. The van der Waals surface area contributed by atoms with Crippen molar-refractivity contribution in [3.05, 3.63) is 65.1 Å². The van der Waals surface area contributed by atoms with Crippen LogP contribution in [0.5, 0.6) is 5.75 Å². The van der Waals surface area contributed by atoms with E-state index in [2.05, 4.69) is 4.99 Å². The van der Waals surface area contributed by atoms with E-state index in [-0.39, 0.29) is 12.0 Å². The molecule has 3 rings (SSSR count). The Morgan fingerprint density at radius 2 is 1.82 bits per heavy atom. The number of hydrogen-bond acceptors (Lipinski definition) is 5. The molecule has 1 saturated heterocycles. The highest BCUT2D eigenvalue weighted by molar-refractivity contribution is 8.18. The number of ether oxygens (including phenoxy) is 2. The van der Waals surface area contributed by atoms with Crippen LogP contribution in [0.1, 0.15) is 19.4 Å². The number of benzene rings is 2. The fourth-order valence-electron chi connectivity index (χ4n) is 2.69. The molecular weight excluding hydrogens is 372 g/mol. The lowest BCUT2D eigenvalue weighted by molar-refractivity contribution is -0.122. The molecule has 0 unspecified atom stereocenters. The summed E-state index contributed by atoms with van der Waals surface area (Å²) in [6, 6.07) is 17.4. The molecule has 0 saturated carbocycles.